The van der Waals surface area contributed by atoms with Gasteiger partial charge in [0.2, 0.25) is 5.91 Å². The molecule has 1 aromatic heterocycles. The van der Waals surface area contributed by atoms with E-state index in [4.69, 9.17) is 0 Å². The van der Waals surface area contributed by atoms with Crippen molar-refractivity contribution in [2.45, 2.75) is 31.2 Å². The van der Waals surface area contributed by atoms with Crippen LogP contribution in [0.15, 0.2) is 62.6 Å². The molecule has 0 radical (unpaired) electrons. The first kappa shape index (κ1) is 21.7. The van der Waals surface area contributed by atoms with Gasteiger partial charge in [-0.25, -0.2) is 4.98 Å². The summed E-state index contributed by atoms with van der Waals surface area (Å²) in [6.45, 7) is 2.19. The van der Waals surface area contributed by atoms with Crippen molar-refractivity contribution in [2.75, 3.05) is 18.9 Å². The van der Waals surface area contributed by atoms with Crippen LogP contribution in [-0.2, 0) is 21.4 Å². The number of benzene rings is 2. The van der Waals surface area contributed by atoms with Crippen LogP contribution in [0.3, 0.4) is 0 Å². The molecule has 1 aliphatic heterocycles. The average molecular weight is 454 g/mol. The van der Waals surface area contributed by atoms with Crippen LogP contribution in [0.1, 0.15) is 18.7 Å². The second-order valence-electron chi connectivity index (χ2n) is 7.65. The number of nitrogens with zero attached hydrogens (tertiary/aromatic N) is 4. The van der Waals surface area contributed by atoms with E-state index in [9.17, 15) is 18.0 Å². The lowest BCUT2D eigenvalue weighted by atomic mass is 10.2. The molecule has 1 amide bonds. The monoisotopic (exact) mass is 453 g/mol. The van der Waals surface area contributed by atoms with E-state index in [1.54, 1.807) is 37.3 Å². The topological polar surface area (TPSA) is 114 Å². The van der Waals surface area contributed by atoms with Crippen molar-refractivity contribution in [2.24, 2.45) is 4.40 Å². The predicted octanol–water partition coefficient (Wildman–Crippen LogP) is 2.16. The van der Waals surface area contributed by atoms with Crippen molar-refractivity contribution < 1.29 is 13.2 Å². The number of sulfonamides is 1. The molecule has 1 N–H and O–H groups in total. The molecule has 0 bridgehead atoms. The summed E-state index contributed by atoms with van der Waals surface area (Å²) in [5.74, 6) is 0.471. The Morgan fingerprint density at radius 2 is 1.97 bits per heavy atom. The molecule has 0 aliphatic carbocycles. The number of anilines is 1. The van der Waals surface area contributed by atoms with Crippen LogP contribution in [0.2, 0.25) is 0 Å². The summed E-state index contributed by atoms with van der Waals surface area (Å²) < 4.78 is 30.6. The molecule has 0 unspecified atom stereocenters. The molecular formula is C22H23N5O4S. The number of aryl methyl sites for hydroxylation is 1. The van der Waals surface area contributed by atoms with Gasteiger partial charge in [-0.15, -0.1) is 4.40 Å². The number of fused-ring (bicyclic) bond motifs is 1. The number of hydrogen-bond acceptors (Lipinski definition) is 5. The highest BCUT2D eigenvalue weighted by atomic mass is 32.2. The molecule has 3 aromatic rings. The molecule has 2 aromatic carbocycles. The average Bonchev–Trinajstić information content (AvgIpc) is 3.15. The number of nitrogens with one attached hydrogen (secondary N) is 1. The maximum atomic E-state index is 12.8. The van der Waals surface area contributed by atoms with E-state index in [-0.39, 0.29) is 17.0 Å². The first-order valence-corrected chi connectivity index (χ1v) is 11.6. The molecule has 1 aliphatic rings. The third kappa shape index (κ3) is 4.40. The lowest BCUT2D eigenvalue weighted by Crippen LogP contribution is -2.30. The molecule has 0 saturated carbocycles. The van der Waals surface area contributed by atoms with Crippen LogP contribution in [0.25, 0.3) is 10.9 Å². The summed E-state index contributed by atoms with van der Waals surface area (Å²) in [6, 6.07) is 12.9. The number of likely N-dealkylation sites (tertiary alicyclic amines) is 1. The van der Waals surface area contributed by atoms with Crippen LogP contribution in [0.5, 0.6) is 0 Å². The van der Waals surface area contributed by atoms with Gasteiger partial charge in [0.1, 0.15) is 18.2 Å². The highest BCUT2D eigenvalue weighted by Crippen LogP contribution is 2.20. The Kier molecular flexibility index (Phi) is 5.79. The van der Waals surface area contributed by atoms with Crippen molar-refractivity contribution in [1.82, 2.24) is 14.5 Å². The number of hydrogen-bond donors (Lipinski definition) is 1. The molecule has 0 atom stereocenters. The van der Waals surface area contributed by atoms with E-state index in [0.717, 1.165) is 13.0 Å². The van der Waals surface area contributed by atoms with E-state index in [0.29, 0.717) is 34.7 Å². The summed E-state index contributed by atoms with van der Waals surface area (Å²) >= 11 is 0. The Labute approximate surface area is 185 Å². The number of amidine groups is 1. The van der Waals surface area contributed by atoms with Gasteiger partial charge in [-0.1, -0.05) is 18.2 Å². The van der Waals surface area contributed by atoms with Gasteiger partial charge in [-0.05, 0) is 43.7 Å². The Hall–Kier alpha value is -3.53. The van der Waals surface area contributed by atoms with E-state index < -0.39 is 15.9 Å². The van der Waals surface area contributed by atoms with Crippen LogP contribution < -0.4 is 10.9 Å². The van der Waals surface area contributed by atoms with Crippen molar-refractivity contribution >= 4 is 38.4 Å². The summed E-state index contributed by atoms with van der Waals surface area (Å²) in [6.07, 6.45) is 1.48. The smallest absolute Gasteiger partial charge is 0.284 e. The first-order chi connectivity index (χ1) is 15.2. The number of rotatable bonds is 5. The highest BCUT2D eigenvalue weighted by molar-refractivity contribution is 7.90. The van der Waals surface area contributed by atoms with Crippen molar-refractivity contribution in [3.8, 4) is 0 Å². The quantitative estimate of drug-likeness (QED) is 0.633. The molecule has 166 valence electrons. The maximum Gasteiger partial charge on any atom is 0.284 e. The Balaban J connectivity index is 1.55. The van der Waals surface area contributed by atoms with Crippen molar-refractivity contribution in [3.05, 3.63) is 64.7 Å². The number of carbonyl (C=O) groups is 1. The Morgan fingerprint density at radius 1 is 1.19 bits per heavy atom. The molecule has 1 fully saturated rings. The third-order valence-corrected chi connectivity index (χ3v) is 6.63. The Bertz CT molecular complexity index is 1390. The van der Waals surface area contributed by atoms with Crippen LogP contribution >= 0.6 is 0 Å². The fourth-order valence-electron chi connectivity index (χ4n) is 3.64. The largest absolute Gasteiger partial charge is 0.362 e. The van der Waals surface area contributed by atoms with Gasteiger partial charge in [0, 0.05) is 25.7 Å². The van der Waals surface area contributed by atoms with Crippen molar-refractivity contribution in [1.29, 1.82) is 0 Å². The number of para-hydroxylation sites is 1. The summed E-state index contributed by atoms with van der Waals surface area (Å²) in [5.41, 5.74) is 0.561. The summed E-state index contributed by atoms with van der Waals surface area (Å²) in [4.78, 5) is 31.6. The molecule has 9 nitrogen and oxygen atoms in total. The fraction of sp³-hybridized carbons (Fsp3) is 0.273. The second-order valence-corrected chi connectivity index (χ2v) is 9.26. The van der Waals surface area contributed by atoms with Crippen LogP contribution in [0.4, 0.5) is 5.69 Å². The maximum absolute atomic E-state index is 12.8. The Morgan fingerprint density at radius 3 is 2.72 bits per heavy atom. The minimum absolute atomic E-state index is 0.0104. The number of carbonyl (C=O) groups excluding carboxylic acids is 1. The molecule has 2 heterocycles. The van der Waals surface area contributed by atoms with Gasteiger partial charge in [0.25, 0.3) is 15.6 Å². The third-order valence-electron chi connectivity index (χ3n) is 5.33. The number of aromatic nitrogens is 2. The van der Waals surface area contributed by atoms with Gasteiger partial charge in [-0.3, -0.25) is 14.2 Å². The standard InChI is InChI=1S/C22H23N5O4S/c1-15-23-19-10-4-3-9-18(19)22(29)27(15)14-21(28)24-16-7-5-8-17(13-16)32(30,31)25-20-11-6-12-26(20)2/h3-5,7-10,13H,6,11-12,14H2,1-2H3,(H,24,28)/b25-20+. The van der Waals surface area contributed by atoms with E-state index >= 15 is 0 Å². The zero-order valence-corrected chi connectivity index (χ0v) is 18.6. The fourth-order valence-corrected chi connectivity index (χ4v) is 4.78. The molecule has 0 spiro atoms. The summed E-state index contributed by atoms with van der Waals surface area (Å²) in [5, 5.41) is 3.08. The van der Waals surface area contributed by atoms with Gasteiger partial charge in [-0.2, -0.15) is 8.42 Å². The zero-order chi connectivity index (χ0) is 22.9. The van der Waals surface area contributed by atoms with E-state index in [1.165, 1.54) is 22.8 Å². The molecule has 32 heavy (non-hydrogen) atoms. The predicted molar refractivity (Wildman–Crippen MR) is 122 cm³/mol. The molecular weight excluding hydrogens is 430 g/mol. The molecule has 10 heteroatoms. The second kappa shape index (κ2) is 8.54. The lowest BCUT2D eigenvalue weighted by molar-refractivity contribution is -0.116. The number of amides is 1. The summed E-state index contributed by atoms with van der Waals surface area (Å²) in [7, 11) is -2.09. The van der Waals surface area contributed by atoms with Gasteiger partial charge in [0.05, 0.1) is 15.8 Å². The minimum Gasteiger partial charge on any atom is -0.362 e. The van der Waals surface area contributed by atoms with Crippen LogP contribution in [0, 0.1) is 6.92 Å². The minimum atomic E-state index is -3.90. The van der Waals surface area contributed by atoms with Crippen molar-refractivity contribution in [3.63, 3.8) is 0 Å². The first-order valence-electron chi connectivity index (χ1n) is 10.2. The zero-order valence-electron chi connectivity index (χ0n) is 17.8. The van der Waals surface area contributed by atoms with Gasteiger partial charge < -0.3 is 10.2 Å². The van der Waals surface area contributed by atoms with Gasteiger partial charge in [0.15, 0.2) is 0 Å². The van der Waals surface area contributed by atoms with Crippen LogP contribution in [-0.4, -0.2) is 48.2 Å². The highest BCUT2D eigenvalue weighted by Gasteiger charge is 2.21. The molecule has 1 saturated heterocycles. The molecule has 4 rings (SSSR count). The normalized spacial score (nSPS) is 15.4. The lowest BCUT2D eigenvalue weighted by Gasteiger charge is -2.12. The van der Waals surface area contributed by atoms with E-state index in [1.807, 2.05) is 11.9 Å². The SMILES string of the molecule is Cc1nc2ccccc2c(=O)n1CC(=O)Nc1cccc(S(=O)(=O)/N=C2\CCCN2C)c1. The van der Waals surface area contributed by atoms with Gasteiger partial charge >= 0.3 is 0 Å². The van der Waals surface area contributed by atoms with E-state index in [2.05, 4.69) is 14.7 Å².